The van der Waals surface area contributed by atoms with Gasteiger partial charge in [0.2, 0.25) is 0 Å². The van der Waals surface area contributed by atoms with Crippen LogP contribution in [-0.2, 0) is 9.53 Å². The molecule has 3 aliphatic rings. The molecule has 3 atom stereocenters. The number of allylic oxidation sites excluding steroid dienone is 1. The first-order valence-electron chi connectivity index (χ1n) is 6.71. The highest BCUT2D eigenvalue weighted by Crippen LogP contribution is 2.56. The summed E-state index contributed by atoms with van der Waals surface area (Å²) < 4.78 is 5.44. The van der Waals surface area contributed by atoms with Gasteiger partial charge in [-0.25, -0.2) is 4.79 Å². The van der Waals surface area contributed by atoms with E-state index in [1.807, 2.05) is 0 Å². The average Bonchev–Trinajstić information content (AvgIpc) is 2.53. The largest absolute Gasteiger partial charge is 0.451 e. The molecule has 0 aromatic rings. The minimum absolute atomic E-state index is 0.0874. The minimum atomic E-state index is -1.16. The normalized spacial score (nSPS) is 43.6. The van der Waals surface area contributed by atoms with E-state index < -0.39 is 17.7 Å². The zero-order valence-corrected chi connectivity index (χ0v) is 11.1. The number of esters is 1. The molecule has 0 aromatic carbocycles. The maximum atomic E-state index is 11.7. The fourth-order valence-electron chi connectivity index (χ4n) is 3.98. The van der Waals surface area contributed by atoms with Crippen LogP contribution >= 0.6 is 0 Å². The Morgan fingerprint density at radius 1 is 1.39 bits per heavy atom. The second-order valence-electron chi connectivity index (χ2n) is 6.30. The first kappa shape index (κ1) is 12.0. The topological polar surface area (TPSA) is 46.5 Å². The lowest BCUT2D eigenvalue weighted by Crippen LogP contribution is -2.50. The van der Waals surface area contributed by atoms with E-state index in [1.54, 1.807) is 0 Å². The average molecular weight is 248 g/mol. The van der Waals surface area contributed by atoms with Crippen molar-refractivity contribution < 1.29 is 14.6 Å². The van der Waals surface area contributed by atoms with E-state index in [9.17, 15) is 9.90 Å². The van der Waals surface area contributed by atoms with Crippen LogP contribution in [0.25, 0.3) is 0 Å². The lowest BCUT2D eigenvalue weighted by atomic mass is 9.59. The summed E-state index contributed by atoms with van der Waals surface area (Å²) in [5, 5.41) is 10.7. The summed E-state index contributed by atoms with van der Waals surface area (Å²) in [5.74, 6) is -0.433. The van der Waals surface area contributed by atoms with Crippen molar-refractivity contribution >= 4 is 5.97 Å². The van der Waals surface area contributed by atoms with Crippen molar-refractivity contribution in [1.82, 2.24) is 0 Å². The van der Waals surface area contributed by atoms with Crippen LogP contribution in [0.3, 0.4) is 0 Å². The third kappa shape index (κ3) is 1.31. The van der Waals surface area contributed by atoms with Crippen LogP contribution in [0, 0.1) is 5.41 Å². The first-order valence-corrected chi connectivity index (χ1v) is 6.71. The van der Waals surface area contributed by atoms with Gasteiger partial charge in [-0.2, -0.15) is 0 Å². The molecule has 1 saturated carbocycles. The second kappa shape index (κ2) is 3.47. The maximum absolute atomic E-state index is 11.7. The van der Waals surface area contributed by atoms with Gasteiger partial charge in [0.1, 0.15) is 5.60 Å². The molecule has 3 rings (SSSR count). The van der Waals surface area contributed by atoms with Crippen LogP contribution in [0.1, 0.15) is 46.0 Å². The number of ether oxygens (including phenoxy) is 1. The van der Waals surface area contributed by atoms with Crippen LogP contribution in [0.4, 0.5) is 0 Å². The van der Waals surface area contributed by atoms with Crippen molar-refractivity contribution in [2.24, 2.45) is 5.41 Å². The molecule has 0 amide bonds. The molecule has 0 bridgehead atoms. The highest BCUT2D eigenvalue weighted by molar-refractivity contribution is 5.93. The minimum Gasteiger partial charge on any atom is -0.451 e. The van der Waals surface area contributed by atoms with Crippen LogP contribution in [0.5, 0.6) is 0 Å². The van der Waals surface area contributed by atoms with Gasteiger partial charge in [0.15, 0.2) is 6.10 Å². The Bertz CT molecular complexity index is 476. The van der Waals surface area contributed by atoms with Gasteiger partial charge >= 0.3 is 5.97 Å². The van der Waals surface area contributed by atoms with E-state index >= 15 is 0 Å². The Morgan fingerprint density at radius 3 is 2.83 bits per heavy atom. The quantitative estimate of drug-likeness (QED) is 0.407. The molecular formula is C15H20O3. The third-order valence-corrected chi connectivity index (χ3v) is 5.14. The SMILES string of the molecule is C=C1C(=O)O[C@H]2C3=C(C)CCC[C@]3(C)CC[C@]12O. The highest BCUT2D eigenvalue weighted by Gasteiger charge is 2.59. The molecule has 2 fully saturated rings. The molecule has 0 unspecified atom stereocenters. The zero-order valence-electron chi connectivity index (χ0n) is 11.1. The number of hydrogen-bond acceptors (Lipinski definition) is 3. The van der Waals surface area contributed by atoms with Gasteiger partial charge in [-0.15, -0.1) is 0 Å². The van der Waals surface area contributed by atoms with E-state index in [-0.39, 0.29) is 11.0 Å². The number of rotatable bonds is 0. The summed E-state index contributed by atoms with van der Waals surface area (Å²) in [5.41, 5.74) is 1.61. The first-order chi connectivity index (χ1) is 8.38. The second-order valence-corrected chi connectivity index (χ2v) is 6.30. The molecule has 18 heavy (non-hydrogen) atoms. The zero-order chi connectivity index (χ0) is 13.1. The number of carbonyl (C=O) groups excluding carboxylic acids is 1. The standard InChI is InChI=1S/C15H20O3/c1-9-5-4-6-14(3)7-8-15(17)10(2)13(16)18-12(15)11(9)14/h12,17H,2,4-8H2,1,3H3/t12-,14+,15-/m0/s1. The molecule has 0 aromatic heterocycles. The molecule has 1 aliphatic heterocycles. The summed E-state index contributed by atoms with van der Waals surface area (Å²) in [4.78, 5) is 11.7. The van der Waals surface area contributed by atoms with E-state index in [4.69, 9.17) is 4.74 Å². The van der Waals surface area contributed by atoms with Gasteiger partial charge in [0, 0.05) is 0 Å². The molecule has 2 aliphatic carbocycles. The summed E-state index contributed by atoms with van der Waals surface area (Å²) in [7, 11) is 0. The van der Waals surface area contributed by atoms with Crippen molar-refractivity contribution in [3.8, 4) is 0 Å². The van der Waals surface area contributed by atoms with Gasteiger partial charge in [-0.1, -0.05) is 19.1 Å². The molecule has 3 nitrogen and oxygen atoms in total. The van der Waals surface area contributed by atoms with Gasteiger partial charge in [0.25, 0.3) is 0 Å². The lowest BCUT2D eigenvalue weighted by Gasteiger charge is -2.48. The van der Waals surface area contributed by atoms with Gasteiger partial charge in [0.05, 0.1) is 5.57 Å². The molecule has 0 radical (unpaired) electrons. The number of fused-ring (bicyclic) bond motifs is 3. The van der Waals surface area contributed by atoms with Crippen LogP contribution in [0.15, 0.2) is 23.3 Å². The number of hydrogen-bond donors (Lipinski definition) is 1. The predicted octanol–water partition coefficient (Wildman–Crippen LogP) is 2.50. The Hall–Kier alpha value is -1.09. The summed E-state index contributed by atoms with van der Waals surface area (Å²) in [6.07, 6.45) is 4.35. The summed E-state index contributed by atoms with van der Waals surface area (Å²) >= 11 is 0. The summed E-state index contributed by atoms with van der Waals surface area (Å²) in [6, 6.07) is 0. The summed E-state index contributed by atoms with van der Waals surface area (Å²) in [6.45, 7) is 8.07. The monoisotopic (exact) mass is 248 g/mol. The fourth-order valence-corrected chi connectivity index (χ4v) is 3.98. The van der Waals surface area contributed by atoms with Gasteiger partial charge in [-0.05, 0) is 50.0 Å². The van der Waals surface area contributed by atoms with Gasteiger partial charge in [-0.3, -0.25) is 0 Å². The smallest absolute Gasteiger partial charge is 0.337 e. The van der Waals surface area contributed by atoms with E-state index in [0.717, 1.165) is 24.8 Å². The van der Waals surface area contributed by atoms with E-state index in [1.165, 1.54) is 12.0 Å². The van der Waals surface area contributed by atoms with E-state index in [0.29, 0.717) is 6.42 Å². The Morgan fingerprint density at radius 2 is 2.11 bits per heavy atom. The molecule has 3 heteroatoms. The van der Waals surface area contributed by atoms with Crippen molar-refractivity contribution in [3.63, 3.8) is 0 Å². The van der Waals surface area contributed by atoms with Crippen LogP contribution in [-0.4, -0.2) is 22.8 Å². The molecular weight excluding hydrogens is 228 g/mol. The maximum Gasteiger partial charge on any atom is 0.337 e. The van der Waals surface area contributed by atoms with Crippen molar-refractivity contribution in [1.29, 1.82) is 0 Å². The van der Waals surface area contributed by atoms with Crippen molar-refractivity contribution in [2.45, 2.75) is 57.7 Å². The third-order valence-electron chi connectivity index (χ3n) is 5.14. The molecule has 98 valence electrons. The lowest BCUT2D eigenvalue weighted by molar-refractivity contribution is -0.141. The Balaban J connectivity index is 2.13. The number of carbonyl (C=O) groups is 1. The van der Waals surface area contributed by atoms with Gasteiger partial charge < -0.3 is 9.84 Å². The number of aliphatic hydroxyl groups is 1. The highest BCUT2D eigenvalue weighted by atomic mass is 16.6. The van der Waals surface area contributed by atoms with Crippen LogP contribution < -0.4 is 0 Å². The van der Waals surface area contributed by atoms with E-state index in [2.05, 4.69) is 20.4 Å². The molecule has 1 heterocycles. The fraction of sp³-hybridized carbons (Fsp3) is 0.667. The van der Waals surface area contributed by atoms with Crippen molar-refractivity contribution in [3.05, 3.63) is 23.3 Å². The Labute approximate surface area is 108 Å². The molecule has 1 saturated heterocycles. The molecule has 0 spiro atoms. The predicted molar refractivity (Wildman–Crippen MR) is 67.9 cm³/mol. The van der Waals surface area contributed by atoms with Crippen molar-refractivity contribution in [2.75, 3.05) is 0 Å². The molecule has 1 N–H and O–H groups in total. The van der Waals surface area contributed by atoms with Crippen LogP contribution in [0.2, 0.25) is 0 Å². The Kier molecular flexibility index (Phi) is 2.31.